The lowest BCUT2D eigenvalue weighted by molar-refractivity contribution is -0.133. The molecule has 2 unspecified atom stereocenters. The minimum Gasteiger partial charge on any atom is -0.377 e. The second kappa shape index (κ2) is 7.22. The number of rotatable bonds is 5. The molecule has 0 spiro atoms. The predicted molar refractivity (Wildman–Crippen MR) is 74.9 cm³/mol. The Balaban J connectivity index is 1.65. The van der Waals surface area contributed by atoms with Crippen molar-refractivity contribution in [1.29, 1.82) is 0 Å². The number of piperazine rings is 1. The molecular formula is C14H27N3O2. The Morgan fingerprint density at radius 2 is 2.11 bits per heavy atom. The van der Waals surface area contributed by atoms with E-state index < -0.39 is 0 Å². The van der Waals surface area contributed by atoms with Crippen LogP contribution in [0, 0.1) is 0 Å². The summed E-state index contributed by atoms with van der Waals surface area (Å²) in [5.74, 6) is 0.258. The number of nitrogens with two attached hydrogens (primary N) is 1. The highest BCUT2D eigenvalue weighted by molar-refractivity contribution is 5.76. The van der Waals surface area contributed by atoms with Crippen LogP contribution in [0.15, 0.2) is 0 Å². The van der Waals surface area contributed by atoms with Gasteiger partial charge in [0.2, 0.25) is 5.91 Å². The van der Waals surface area contributed by atoms with Gasteiger partial charge in [-0.3, -0.25) is 9.69 Å². The van der Waals surface area contributed by atoms with Crippen molar-refractivity contribution in [3.63, 3.8) is 0 Å². The minimum atomic E-state index is 0.116. The summed E-state index contributed by atoms with van der Waals surface area (Å²) in [6, 6.07) is 0.116. The van der Waals surface area contributed by atoms with Gasteiger partial charge in [-0.25, -0.2) is 0 Å². The summed E-state index contributed by atoms with van der Waals surface area (Å²) in [7, 11) is 0. The highest BCUT2D eigenvalue weighted by Crippen LogP contribution is 2.14. The molecule has 2 aliphatic heterocycles. The summed E-state index contributed by atoms with van der Waals surface area (Å²) in [6.45, 7) is 7.55. The molecule has 2 fully saturated rings. The van der Waals surface area contributed by atoms with Gasteiger partial charge in [-0.05, 0) is 26.2 Å². The lowest BCUT2D eigenvalue weighted by Crippen LogP contribution is -2.50. The molecule has 19 heavy (non-hydrogen) atoms. The van der Waals surface area contributed by atoms with Crippen LogP contribution in [0.1, 0.15) is 32.6 Å². The molecular weight excluding hydrogens is 242 g/mol. The number of carbonyl (C=O) groups is 1. The van der Waals surface area contributed by atoms with Gasteiger partial charge in [0, 0.05) is 51.8 Å². The average molecular weight is 269 g/mol. The minimum absolute atomic E-state index is 0.116. The third-order valence-corrected chi connectivity index (χ3v) is 4.02. The summed E-state index contributed by atoms with van der Waals surface area (Å²) in [5.41, 5.74) is 5.69. The molecule has 0 aliphatic carbocycles. The molecule has 2 aliphatic rings. The van der Waals surface area contributed by atoms with E-state index in [0.717, 1.165) is 45.8 Å². The van der Waals surface area contributed by atoms with Crippen molar-refractivity contribution < 1.29 is 9.53 Å². The third-order valence-electron chi connectivity index (χ3n) is 4.02. The van der Waals surface area contributed by atoms with Crippen molar-refractivity contribution in [2.75, 3.05) is 39.3 Å². The third kappa shape index (κ3) is 4.75. The van der Waals surface area contributed by atoms with Crippen LogP contribution in [-0.4, -0.2) is 67.2 Å². The Morgan fingerprint density at radius 3 is 2.68 bits per heavy atom. The SMILES string of the molecule is CC(N)CCC(=O)N1CCN(CC2CCCO2)CC1. The van der Waals surface area contributed by atoms with E-state index in [4.69, 9.17) is 10.5 Å². The van der Waals surface area contributed by atoms with Gasteiger partial charge >= 0.3 is 0 Å². The molecule has 0 aromatic heterocycles. The zero-order valence-electron chi connectivity index (χ0n) is 12.0. The van der Waals surface area contributed by atoms with E-state index in [1.54, 1.807) is 0 Å². The maximum absolute atomic E-state index is 12.0. The van der Waals surface area contributed by atoms with E-state index in [2.05, 4.69) is 4.90 Å². The molecule has 110 valence electrons. The highest BCUT2D eigenvalue weighted by atomic mass is 16.5. The van der Waals surface area contributed by atoms with E-state index in [0.29, 0.717) is 12.5 Å². The zero-order chi connectivity index (χ0) is 13.7. The van der Waals surface area contributed by atoms with Crippen molar-refractivity contribution in [2.24, 2.45) is 5.73 Å². The molecule has 1 amide bonds. The first kappa shape index (κ1) is 14.8. The zero-order valence-corrected chi connectivity index (χ0v) is 12.0. The number of nitrogens with zero attached hydrogens (tertiary/aromatic N) is 2. The van der Waals surface area contributed by atoms with Gasteiger partial charge < -0.3 is 15.4 Å². The summed E-state index contributed by atoms with van der Waals surface area (Å²) in [5, 5.41) is 0. The summed E-state index contributed by atoms with van der Waals surface area (Å²) in [4.78, 5) is 16.4. The van der Waals surface area contributed by atoms with Crippen molar-refractivity contribution in [3.8, 4) is 0 Å². The largest absolute Gasteiger partial charge is 0.377 e. The van der Waals surface area contributed by atoms with Gasteiger partial charge in [0.1, 0.15) is 0 Å². The quantitative estimate of drug-likeness (QED) is 0.786. The lowest BCUT2D eigenvalue weighted by Gasteiger charge is -2.35. The number of hydrogen-bond donors (Lipinski definition) is 1. The molecule has 2 saturated heterocycles. The Bertz CT molecular complexity index is 282. The molecule has 0 saturated carbocycles. The second-order valence-corrected chi connectivity index (χ2v) is 5.83. The Hall–Kier alpha value is -0.650. The monoisotopic (exact) mass is 269 g/mol. The number of carbonyl (C=O) groups excluding carboxylic acids is 1. The van der Waals surface area contributed by atoms with Gasteiger partial charge in [0.15, 0.2) is 0 Å². The number of ether oxygens (including phenoxy) is 1. The number of amides is 1. The van der Waals surface area contributed by atoms with E-state index in [1.807, 2.05) is 11.8 Å². The number of hydrogen-bond acceptors (Lipinski definition) is 4. The molecule has 5 heteroatoms. The fourth-order valence-electron chi connectivity index (χ4n) is 2.77. The van der Waals surface area contributed by atoms with Crippen LogP contribution in [0.25, 0.3) is 0 Å². The second-order valence-electron chi connectivity index (χ2n) is 5.83. The van der Waals surface area contributed by atoms with Crippen LogP contribution >= 0.6 is 0 Å². The van der Waals surface area contributed by atoms with E-state index >= 15 is 0 Å². The van der Waals surface area contributed by atoms with E-state index in [9.17, 15) is 4.79 Å². The van der Waals surface area contributed by atoms with Crippen molar-refractivity contribution in [1.82, 2.24) is 9.80 Å². The fraction of sp³-hybridized carbons (Fsp3) is 0.929. The van der Waals surface area contributed by atoms with Crippen LogP contribution in [0.4, 0.5) is 0 Å². The highest BCUT2D eigenvalue weighted by Gasteiger charge is 2.24. The maximum atomic E-state index is 12.0. The van der Waals surface area contributed by atoms with Gasteiger partial charge in [-0.1, -0.05) is 0 Å². The van der Waals surface area contributed by atoms with E-state index in [-0.39, 0.29) is 11.9 Å². The molecule has 0 aromatic rings. The first-order valence-electron chi connectivity index (χ1n) is 7.52. The Labute approximate surface area is 116 Å². The molecule has 2 heterocycles. The average Bonchev–Trinajstić information content (AvgIpc) is 2.89. The maximum Gasteiger partial charge on any atom is 0.222 e. The Kier molecular flexibility index (Phi) is 5.60. The summed E-state index contributed by atoms with van der Waals surface area (Å²) in [6.07, 6.45) is 4.17. The molecule has 2 rings (SSSR count). The van der Waals surface area contributed by atoms with Gasteiger partial charge in [0.25, 0.3) is 0 Å². The molecule has 2 atom stereocenters. The van der Waals surface area contributed by atoms with Crippen LogP contribution in [0.2, 0.25) is 0 Å². The molecule has 0 bridgehead atoms. The first-order chi connectivity index (χ1) is 9.15. The van der Waals surface area contributed by atoms with Crippen molar-refractivity contribution >= 4 is 5.91 Å². The van der Waals surface area contributed by atoms with Gasteiger partial charge in [-0.2, -0.15) is 0 Å². The molecule has 5 nitrogen and oxygen atoms in total. The standard InChI is InChI=1S/C14H27N3O2/c1-12(15)4-5-14(18)17-8-6-16(7-9-17)11-13-3-2-10-19-13/h12-13H,2-11,15H2,1H3. The topological polar surface area (TPSA) is 58.8 Å². The normalized spacial score (nSPS) is 26.6. The van der Waals surface area contributed by atoms with E-state index in [1.165, 1.54) is 12.8 Å². The van der Waals surface area contributed by atoms with Crippen molar-refractivity contribution in [2.45, 2.75) is 44.8 Å². The predicted octanol–water partition coefficient (Wildman–Crippen LogP) is 0.437. The van der Waals surface area contributed by atoms with Crippen LogP contribution in [0.3, 0.4) is 0 Å². The molecule has 2 N–H and O–H groups in total. The van der Waals surface area contributed by atoms with Crippen LogP contribution in [-0.2, 0) is 9.53 Å². The summed E-state index contributed by atoms with van der Waals surface area (Å²) >= 11 is 0. The van der Waals surface area contributed by atoms with Gasteiger partial charge in [0.05, 0.1) is 6.10 Å². The molecule has 0 radical (unpaired) electrons. The van der Waals surface area contributed by atoms with Crippen LogP contribution in [0.5, 0.6) is 0 Å². The van der Waals surface area contributed by atoms with Crippen LogP contribution < -0.4 is 5.73 Å². The smallest absolute Gasteiger partial charge is 0.222 e. The van der Waals surface area contributed by atoms with Gasteiger partial charge in [-0.15, -0.1) is 0 Å². The first-order valence-corrected chi connectivity index (χ1v) is 7.52. The Morgan fingerprint density at radius 1 is 1.37 bits per heavy atom. The van der Waals surface area contributed by atoms with Crippen molar-refractivity contribution in [3.05, 3.63) is 0 Å². The summed E-state index contributed by atoms with van der Waals surface area (Å²) < 4.78 is 5.66. The lowest BCUT2D eigenvalue weighted by atomic mass is 10.1. The fourth-order valence-corrected chi connectivity index (χ4v) is 2.77. The molecule has 0 aromatic carbocycles.